The van der Waals surface area contributed by atoms with Crippen LogP contribution in [0, 0.1) is 17.6 Å². The Bertz CT molecular complexity index is 522. The van der Waals surface area contributed by atoms with Crippen molar-refractivity contribution in [1.82, 2.24) is 4.90 Å². The minimum absolute atomic E-state index is 0.0338. The van der Waals surface area contributed by atoms with Crippen LogP contribution in [0.1, 0.15) is 27.2 Å². The van der Waals surface area contributed by atoms with Gasteiger partial charge in [-0.25, -0.2) is 13.6 Å². The summed E-state index contributed by atoms with van der Waals surface area (Å²) in [7, 11) is 0. The molecule has 0 spiro atoms. The van der Waals surface area contributed by atoms with Crippen LogP contribution in [-0.4, -0.2) is 36.3 Å². The number of ether oxygens (including phenoxy) is 2. The van der Waals surface area contributed by atoms with Gasteiger partial charge in [-0.2, -0.15) is 0 Å². The van der Waals surface area contributed by atoms with Crippen LogP contribution in [0.5, 0.6) is 5.75 Å². The summed E-state index contributed by atoms with van der Waals surface area (Å²) in [4.78, 5) is 13.5. The van der Waals surface area contributed by atoms with Crippen molar-refractivity contribution in [2.45, 2.75) is 32.8 Å². The second kappa shape index (κ2) is 6.50. The third kappa shape index (κ3) is 4.32. The zero-order valence-corrected chi connectivity index (χ0v) is 13.1. The maximum atomic E-state index is 13.5. The fourth-order valence-corrected chi connectivity index (χ4v) is 2.28. The highest BCUT2D eigenvalue weighted by Crippen LogP contribution is 2.24. The Labute approximate surface area is 129 Å². The molecular formula is C16H21F2NO3. The molecule has 0 radical (unpaired) electrons. The minimum atomic E-state index is -0.720. The van der Waals surface area contributed by atoms with Gasteiger partial charge in [-0.05, 0) is 39.3 Å². The predicted molar refractivity (Wildman–Crippen MR) is 77.8 cm³/mol. The first-order valence-corrected chi connectivity index (χ1v) is 7.31. The van der Waals surface area contributed by atoms with E-state index in [2.05, 4.69) is 0 Å². The van der Waals surface area contributed by atoms with E-state index in [0.29, 0.717) is 13.1 Å². The lowest BCUT2D eigenvalue weighted by Gasteiger charge is -2.24. The van der Waals surface area contributed by atoms with E-state index < -0.39 is 17.2 Å². The molecule has 1 aliphatic rings. The number of amides is 1. The Kier molecular flexibility index (Phi) is 4.88. The molecule has 0 aromatic heterocycles. The second-order valence-electron chi connectivity index (χ2n) is 6.44. The van der Waals surface area contributed by atoms with E-state index in [4.69, 9.17) is 9.47 Å². The fraction of sp³-hybridized carbons (Fsp3) is 0.562. The van der Waals surface area contributed by atoms with E-state index >= 15 is 0 Å². The molecule has 1 saturated heterocycles. The van der Waals surface area contributed by atoms with E-state index in [9.17, 15) is 13.6 Å². The molecule has 1 fully saturated rings. The van der Waals surface area contributed by atoms with E-state index in [-0.39, 0.29) is 24.4 Å². The van der Waals surface area contributed by atoms with E-state index in [1.807, 2.05) is 20.8 Å². The lowest BCUT2D eigenvalue weighted by atomic mass is 10.1. The maximum absolute atomic E-state index is 13.5. The van der Waals surface area contributed by atoms with Gasteiger partial charge in [0.25, 0.3) is 0 Å². The van der Waals surface area contributed by atoms with Crippen LogP contribution in [0.15, 0.2) is 18.2 Å². The molecule has 122 valence electrons. The molecule has 22 heavy (non-hydrogen) atoms. The number of likely N-dealkylation sites (tertiary alicyclic amines) is 1. The van der Waals surface area contributed by atoms with Crippen LogP contribution in [0.4, 0.5) is 13.6 Å². The molecule has 0 N–H and O–H groups in total. The summed E-state index contributed by atoms with van der Waals surface area (Å²) in [5.74, 6) is -1.77. The maximum Gasteiger partial charge on any atom is 0.410 e. The lowest BCUT2D eigenvalue weighted by Crippen LogP contribution is -2.35. The van der Waals surface area contributed by atoms with Crippen LogP contribution in [0.3, 0.4) is 0 Å². The molecule has 0 aliphatic carbocycles. The molecule has 1 aliphatic heterocycles. The number of halogens is 2. The van der Waals surface area contributed by atoms with Gasteiger partial charge >= 0.3 is 6.09 Å². The first-order valence-electron chi connectivity index (χ1n) is 7.31. The number of rotatable bonds is 3. The molecule has 1 aromatic carbocycles. The Balaban J connectivity index is 1.85. The molecule has 6 heteroatoms. The summed E-state index contributed by atoms with van der Waals surface area (Å²) in [6.07, 6.45) is 0.349. The number of carbonyl (C=O) groups is 1. The summed E-state index contributed by atoms with van der Waals surface area (Å²) >= 11 is 0. The van der Waals surface area contributed by atoms with Crippen molar-refractivity contribution in [3.8, 4) is 5.75 Å². The average molecular weight is 313 g/mol. The Hall–Kier alpha value is -1.85. The topological polar surface area (TPSA) is 38.8 Å². The fourth-order valence-electron chi connectivity index (χ4n) is 2.28. The molecule has 1 amide bonds. The molecule has 1 aromatic rings. The van der Waals surface area contributed by atoms with Crippen molar-refractivity contribution in [2.75, 3.05) is 19.7 Å². The van der Waals surface area contributed by atoms with E-state index in [0.717, 1.165) is 18.6 Å². The lowest BCUT2D eigenvalue weighted by molar-refractivity contribution is 0.0284. The summed E-state index contributed by atoms with van der Waals surface area (Å²) in [6.45, 7) is 6.61. The molecule has 2 rings (SSSR count). The third-order valence-corrected chi connectivity index (χ3v) is 3.32. The van der Waals surface area contributed by atoms with E-state index in [1.165, 1.54) is 6.07 Å². The minimum Gasteiger partial charge on any atom is -0.487 e. The van der Waals surface area contributed by atoms with Gasteiger partial charge in [-0.15, -0.1) is 0 Å². The number of nitrogens with zero attached hydrogens (tertiary/aromatic N) is 1. The van der Waals surface area contributed by atoms with Gasteiger partial charge in [0, 0.05) is 19.0 Å². The zero-order chi connectivity index (χ0) is 16.3. The van der Waals surface area contributed by atoms with Gasteiger partial charge in [0.2, 0.25) is 0 Å². The Morgan fingerprint density at radius 2 is 1.95 bits per heavy atom. The van der Waals surface area contributed by atoms with Crippen LogP contribution in [0.25, 0.3) is 0 Å². The summed E-state index contributed by atoms with van der Waals surface area (Å²) < 4.78 is 37.5. The Morgan fingerprint density at radius 1 is 1.32 bits per heavy atom. The first kappa shape index (κ1) is 16.5. The number of hydrogen-bond acceptors (Lipinski definition) is 3. The summed E-state index contributed by atoms with van der Waals surface area (Å²) in [5, 5.41) is 0. The predicted octanol–water partition coefficient (Wildman–Crippen LogP) is 3.60. The molecule has 0 saturated carbocycles. The summed E-state index contributed by atoms with van der Waals surface area (Å²) in [6, 6.07) is 3.59. The SMILES string of the molecule is CC(C)(C)OC(=O)N1CCC(COc2c(F)cccc2F)C1. The molecule has 0 bridgehead atoms. The van der Waals surface area contributed by atoms with Gasteiger partial charge in [0.05, 0.1) is 6.61 Å². The van der Waals surface area contributed by atoms with Crippen LogP contribution < -0.4 is 4.74 Å². The Morgan fingerprint density at radius 3 is 2.55 bits per heavy atom. The monoisotopic (exact) mass is 313 g/mol. The molecule has 1 unspecified atom stereocenters. The van der Waals surface area contributed by atoms with Crippen molar-refractivity contribution < 1.29 is 23.0 Å². The average Bonchev–Trinajstić information content (AvgIpc) is 2.85. The highest BCUT2D eigenvalue weighted by atomic mass is 19.1. The quantitative estimate of drug-likeness (QED) is 0.856. The van der Waals surface area contributed by atoms with Crippen LogP contribution in [-0.2, 0) is 4.74 Å². The van der Waals surface area contributed by atoms with Gasteiger partial charge < -0.3 is 14.4 Å². The van der Waals surface area contributed by atoms with Crippen molar-refractivity contribution >= 4 is 6.09 Å². The molecular weight excluding hydrogens is 292 g/mol. The highest BCUT2D eigenvalue weighted by molar-refractivity contribution is 5.68. The normalized spacial score (nSPS) is 18.4. The smallest absolute Gasteiger partial charge is 0.410 e. The van der Waals surface area contributed by atoms with Crippen molar-refractivity contribution in [3.63, 3.8) is 0 Å². The van der Waals surface area contributed by atoms with Crippen LogP contribution in [0.2, 0.25) is 0 Å². The third-order valence-electron chi connectivity index (χ3n) is 3.32. The summed E-state index contributed by atoms with van der Waals surface area (Å²) in [5.41, 5.74) is -0.540. The van der Waals surface area contributed by atoms with Crippen LogP contribution >= 0.6 is 0 Å². The zero-order valence-electron chi connectivity index (χ0n) is 13.1. The molecule has 4 nitrogen and oxygen atoms in total. The van der Waals surface area contributed by atoms with Gasteiger partial charge in [-0.1, -0.05) is 6.07 Å². The largest absolute Gasteiger partial charge is 0.487 e. The number of carbonyl (C=O) groups excluding carboxylic acids is 1. The van der Waals surface area contributed by atoms with E-state index in [1.54, 1.807) is 4.90 Å². The molecule has 1 heterocycles. The highest BCUT2D eigenvalue weighted by Gasteiger charge is 2.30. The van der Waals surface area contributed by atoms with Gasteiger partial charge in [-0.3, -0.25) is 0 Å². The number of para-hydroxylation sites is 1. The number of benzene rings is 1. The van der Waals surface area contributed by atoms with Crippen molar-refractivity contribution in [1.29, 1.82) is 0 Å². The number of hydrogen-bond donors (Lipinski definition) is 0. The van der Waals surface area contributed by atoms with Gasteiger partial charge in [0.15, 0.2) is 17.4 Å². The van der Waals surface area contributed by atoms with Crippen molar-refractivity contribution in [2.24, 2.45) is 5.92 Å². The first-order chi connectivity index (χ1) is 10.3. The van der Waals surface area contributed by atoms with Crippen molar-refractivity contribution in [3.05, 3.63) is 29.8 Å². The standard InChI is InChI=1S/C16H21F2NO3/c1-16(2,3)22-15(20)19-8-7-11(9-19)10-21-14-12(17)5-4-6-13(14)18/h4-6,11H,7-10H2,1-3H3. The molecule has 1 atom stereocenters. The van der Waals surface area contributed by atoms with Gasteiger partial charge in [0.1, 0.15) is 5.60 Å². The second-order valence-corrected chi connectivity index (χ2v) is 6.44.